The lowest BCUT2D eigenvalue weighted by molar-refractivity contribution is 0.292. The summed E-state index contributed by atoms with van der Waals surface area (Å²) in [5.74, 6) is 1.30. The molecule has 6 heteroatoms. The van der Waals surface area contributed by atoms with Crippen LogP contribution in [0, 0.1) is 22.7 Å². The Morgan fingerprint density at radius 2 is 0.556 bits per heavy atom. The van der Waals surface area contributed by atoms with Crippen molar-refractivity contribution in [3.8, 4) is 23.6 Å². The first-order chi connectivity index (χ1) is 35.6. The summed E-state index contributed by atoms with van der Waals surface area (Å²) in [6.07, 6.45) is 18.9. The lowest BCUT2D eigenvalue weighted by Gasteiger charge is -2.34. The maximum Gasteiger partial charge on any atom is 0.197 e. The number of benzene rings is 7. The van der Waals surface area contributed by atoms with Gasteiger partial charge in [0.05, 0.1) is 24.3 Å². The smallest absolute Gasteiger partial charge is 0.197 e. The van der Waals surface area contributed by atoms with E-state index in [1.165, 1.54) is 64.2 Å². The monoisotopic (exact) mass is 991 g/mol. The van der Waals surface area contributed by atoms with E-state index in [1.54, 1.807) is 0 Å². The lowest BCUT2D eigenvalue weighted by atomic mass is 10.0. The zero-order valence-electron chi connectivity index (χ0n) is 43.0. The fraction of sp³-hybridized carbons (Fsp3) is 0.333. The Hall–Kier alpha value is -6.02. The van der Waals surface area contributed by atoms with Gasteiger partial charge in [-0.05, 0) is 97.8 Å². The van der Waals surface area contributed by atoms with E-state index in [-0.39, 0.29) is 0 Å². The molecule has 2 unspecified atom stereocenters. The SMILES string of the molecule is CCCCCCCCCCOc1cc(C(C#N)[P+](c2ccccc2)(c2ccccc2)c2ccccc2)c(OCCCCCCCCCC)cc1C(C#N)[P+](c1ccccc1)(c1ccccc1)c1ccccc1. The molecular weight excluding hydrogens is 915 g/mol. The Balaban J connectivity index is 1.47. The number of hydrogen-bond donors (Lipinski definition) is 0. The minimum Gasteiger partial charge on any atom is -0.493 e. The van der Waals surface area contributed by atoms with Crippen LogP contribution in [0.15, 0.2) is 194 Å². The van der Waals surface area contributed by atoms with Gasteiger partial charge in [-0.1, -0.05) is 213 Å². The number of unbranched alkanes of at least 4 members (excludes halogenated alkanes) is 14. The molecule has 0 spiro atoms. The molecule has 0 aliphatic rings. The van der Waals surface area contributed by atoms with Crippen molar-refractivity contribution in [3.63, 3.8) is 0 Å². The molecule has 0 radical (unpaired) electrons. The molecule has 7 aromatic rings. The van der Waals surface area contributed by atoms with E-state index in [9.17, 15) is 10.5 Å². The highest BCUT2D eigenvalue weighted by molar-refractivity contribution is 7.96. The van der Waals surface area contributed by atoms with Crippen LogP contribution in [0.1, 0.15) is 139 Å². The van der Waals surface area contributed by atoms with E-state index in [2.05, 4.69) is 220 Å². The summed E-state index contributed by atoms with van der Waals surface area (Å²) in [5.41, 5.74) is 0.262. The molecule has 370 valence electrons. The number of rotatable bonds is 30. The number of nitrogens with zero attached hydrogens (tertiary/aromatic N) is 2. The predicted octanol–water partition coefficient (Wildman–Crippen LogP) is 15.8. The molecule has 7 aromatic carbocycles. The first-order valence-electron chi connectivity index (χ1n) is 27.0. The summed E-state index contributed by atoms with van der Waals surface area (Å²) in [6, 6.07) is 74.3. The summed E-state index contributed by atoms with van der Waals surface area (Å²) in [5, 5.41) is 31.0. The average molecular weight is 991 g/mol. The molecular formula is C66H76N2O2P2+2. The van der Waals surface area contributed by atoms with Crippen LogP contribution < -0.4 is 41.3 Å². The van der Waals surface area contributed by atoms with E-state index in [0.717, 1.165) is 81.5 Å². The van der Waals surface area contributed by atoms with Crippen LogP contribution in [0.2, 0.25) is 0 Å². The molecule has 0 heterocycles. The first-order valence-corrected chi connectivity index (χ1v) is 30.7. The molecule has 0 bridgehead atoms. The highest BCUT2D eigenvalue weighted by Gasteiger charge is 2.57. The van der Waals surface area contributed by atoms with Crippen molar-refractivity contribution in [2.75, 3.05) is 13.2 Å². The van der Waals surface area contributed by atoms with Crippen LogP contribution in [0.25, 0.3) is 0 Å². The molecule has 7 rings (SSSR count). The van der Waals surface area contributed by atoms with Crippen molar-refractivity contribution in [1.29, 1.82) is 10.5 Å². The van der Waals surface area contributed by atoms with Crippen LogP contribution in [0.5, 0.6) is 11.5 Å². The third kappa shape index (κ3) is 13.0. The van der Waals surface area contributed by atoms with E-state index in [1.807, 2.05) is 0 Å². The van der Waals surface area contributed by atoms with Gasteiger partial charge in [0.25, 0.3) is 0 Å². The summed E-state index contributed by atoms with van der Waals surface area (Å²) >= 11 is 0. The molecule has 0 aliphatic heterocycles. The molecule has 4 nitrogen and oxygen atoms in total. The van der Waals surface area contributed by atoms with E-state index >= 15 is 0 Å². The average Bonchev–Trinajstić information content (AvgIpc) is 3.44. The third-order valence-corrected chi connectivity index (χ3v) is 23.3. The Bertz CT molecular complexity index is 2320. The van der Waals surface area contributed by atoms with Crippen molar-refractivity contribution in [2.24, 2.45) is 0 Å². The van der Waals surface area contributed by atoms with Gasteiger partial charge < -0.3 is 9.47 Å². The van der Waals surface area contributed by atoms with E-state index in [0.29, 0.717) is 24.7 Å². The number of hydrogen-bond acceptors (Lipinski definition) is 4. The molecule has 2 atom stereocenters. The van der Waals surface area contributed by atoms with Gasteiger partial charge in [0.2, 0.25) is 0 Å². The minimum atomic E-state index is -2.82. The Labute approximate surface area is 434 Å². The second-order valence-electron chi connectivity index (χ2n) is 19.1. The van der Waals surface area contributed by atoms with Gasteiger partial charge in [-0.25, -0.2) is 0 Å². The Morgan fingerprint density at radius 3 is 0.778 bits per heavy atom. The normalized spacial score (nSPS) is 12.3. The fourth-order valence-corrected chi connectivity index (χ4v) is 19.6. The van der Waals surface area contributed by atoms with Crippen molar-refractivity contribution >= 4 is 46.4 Å². The van der Waals surface area contributed by atoms with Crippen LogP contribution in [0.4, 0.5) is 0 Å². The van der Waals surface area contributed by atoms with Gasteiger partial charge in [0, 0.05) is 0 Å². The van der Waals surface area contributed by atoms with Gasteiger partial charge in [-0.3, -0.25) is 0 Å². The molecule has 0 N–H and O–H groups in total. The fourth-order valence-electron chi connectivity index (χ4n) is 10.6. The van der Waals surface area contributed by atoms with E-state index < -0.39 is 25.8 Å². The maximum absolute atomic E-state index is 12.1. The van der Waals surface area contributed by atoms with Crippen LogP contribution >= 0.6 is 14.5 Å². The van der Waals surface area contributed by atoms with Gasteiger partial charge in [0.1, 0.15) is 70.0 Å². The van der Waals surface area contributed by atoms with Gasteiger partial charge in [-0.2, -0.15) is 10.5 Å². The van der Waals surface area contributed by atoms with Crippen LogP contribution in [-0.4, -0.2) is 13.2 Å². The molecule has 0 amide bonds. The van der Waals surface area contributed by atoms with Crippen molar-refractivity contribution in [1.82, 2.24) is 0 Å². The molecule has 0 aliphatic carbocycles. The van der Waals surface area contributed by atoms with Crippen LogP contribution in [-0.2, 0) is 0 Å². The lowest BCUT2D eigenvalue weighted by Crippen LogP contribution is -2.35. The summed E-state index contributed by atoms with van der Waals surface area (Å²) in [6.45, 7) is 5.53. The van der Waals surface area contributed by atoms with Gasteiger partial charge in [0.15, 0.2) is 11.3 Å². The summed E-state index contributed by atoms with van der Waals surface area (Å²) < 4.78 is 14.4. The quantitative estimate of drug-likeness (QED) is 0.0333. The molecule has 72 heavy (non-hydrogen) atoms. The minimum absolute atomic E-state index is 0.499. The highest BCUT2D eigenvalue weighted by atomic mass is 31.2. The van der Waals surface area contributed by atoms with Gasteiger partial charge in [-0.15, -0.1) is 0 Å². The highest BCUT2D eigenvalue weighted by Crippen LogP contribution is 2.70. The van der Waals surface area contributed by atoms with E-state index in [4.69, 9.17) is 9.47 Å². The topological polar surface area (TPSA) is 66.0 Å². The standard InChI is InChI=1S/C66H76N2O2P2/c1-3-5-7-9-11-13-15-35-49-69-63-51-62(66(54-68)72(58-43-29-20-30-44-58,59-45-31-21-32-46-59)60-47-33-22-34-48-60)64(70-50-36-16-14-12-10-8-6-4-2)52-61(63)65(53-67)71(55-37-23-17-24-38-55,56-39-25-18-26-40-56)57-41-27-19-28-42-57/h17-34,37-48,51-52,65-66H,3-16,35-36,49-50H2,1-2H3/q+2. The molecule has 0 fully saturated rings. The van der Waals surface area contributed by atoms with Gasteiger partial charge >= 0.3 is 0 Å². The predicted molar refractivity (Wildman–Crippen MR) is 310 cm³/mol. The number of nitriles is 2. The summed E-state index contributed by atoms with van der Waals surface area (Å²) in [7, 11) is -5.65. The summed E-state index contributed by atoms with van der Waals surface area (Å²) in [4.78, 5) is 0. The largest absolute Gasteiger partial charge is 0.493 e. The Kier molecular flexibility index (Phi) is 21.6. The zero-order chi connectivity index (χ0) is 50.1. The van der Waals surface area contributed by atoms with Crippen molar-refractivity contribution in [3.05, 3.63) is 205 Å². The second-order valence-corrected chi connectivity index (χ2v) is 26.1. The van der Waals surface area contributed by atoms with Crippen molar-refractivity contribution < 1.29 is 9.47 Å². The zero-order valence-corrected chi connectivity index (χ0v) is 44.8. The van der Waals surface area contributed by atoms with Crippen molar-refractivity contribution in [2.45, 2.75) is 128 Å². The first kappa shape index (κ1) is 53.8. The second kappa shape index (κ2) is 28.9. The third-order valence-electron chi connectivity index (χ3n) is 14.2. The Morgan fingerprint density at radius 1 is 0.333 bits per heavy atom. The molecule has 0 aromatic heterocycles. The maximum atomic E-state index is 12.1. The molecule has 0 saturated carbocycles. The molecule has 0 saturated heterocycles. The van der Waals surface area contributed by atoms with Crippen LogP contribution in [0.3, 0.4) is 0 Å². The number of ether oxygens (including phenoxy) is 2.